The normalized spacial score (nSPS) is 10.4. The lowest BCUT2D eigenvalue weighted by Crippen LogP contribution is -2.34. The Balaban J connectivity index is 1.90. The van der Waals surface area contributed by atoms with Crippen molar-refractivity contribution in [1.29, 1.82) is 0 Å². The maximum Gasteiger partial charge on any atom is 0.315 e. The number of carbonyl (C=O) groups is 1. The fourth-order valence-corrected chi connectivity index (χ4v) is 2.57. The zero-order valence-corrected chi connectivity index (χ0v) is 16.5. The van der Waals surface area contributed by atoms with Crippen molar-refractivity contribution in [2.75, 3.05) is 27.9 Å². The number of halogens is 2. The van der Waals surface area contributed by atoms with Crippen LogP contribution in [0.15, 0.2) is 36.4 Å². The number of alkyl halides is 2. The third-order valence-corrected chi connectivity index (χ3v) is 3.91. The highest BCUT2D eigenvalue weighted by Crippen LogP contribution is 2.38. The van der Waals surface area contributed by atoms with E-state index in [9.17, 15) is 13.6 Å². The highest BCUT2D eigenvalue weighted by molar-refractivity contribution is 5.74. The molecule has 9 heteroatoms. The van der Waals surface area contributed by atoms with Crippen LogP contribution in [0.1, 0.15) is 11.1 Å². The fraction of sp³-hybridized carbons (Fsp3) is 0.350. The van der Waals surface area contributed by atoms with Crippen LogP contribution in [0, 0.1) is 0 Å². The molecular formula is C20H24F2N2O5. The second kappa shape index (κ2) is 10.9. The van der Waals surface area contributed by atoms with Gasteiger partial charge in [-0.15, -0.1) is 0 Å². The first-order chi connectivity index (χ1) is 14.0. The molecule has 0 unspecified atom stereocenters. The molecule has 29 heavy (non-hydrogen) atoms. The van der Waals surface area contributed by atoms with Gasteiger partial charge in [-0.1, -0.05) is 12.1 Å². The number of nitrogens with one attached hydrogen (secondary N) is 2. The molecule has 7 nitrogen and oxygen atoms in total. The highest BCUT2D eigenvalue weighted by atomic mass is 19.3. The van der Waals surface area contributed by atoms with E-state index in [0.717, 1.165) is 11.1 Å². The number of benzene rings is 2. The second-order valence-electron chi connectivity index (χ2n) is 5.92. The number of ether oxygens (including phenoxy) is 4. The summed E-state index contributed by atoms with van der Waals surface area (Å²) < 4.78 is 45.3. The van der Waals surface area contributed by atoms with Gasteiger partial charge in [0.1, 0.15) is 12.4 Å². The Labute approximate surface area is 167 Å². The molecule has 158 valence electrons. The van der Waals surface area contributed by atoms with Crippen molar-refractivity contribution in [3.63, 3.8) is 0 Å². The summed E-state index contributed by atoms with van der Waals surface area (Å²) in [6.07, 6.45) is -2.54. The van der Waals surface area contributed by atoms with E-state index in [0.29, 0.717) is 23.0 Å². The minimum Gasteiger partial charge on any atom is -0.493 e. The van der Waals surface area contributed by atoms with Crippen molar-refractivity contribution in [3.05, 3.63) is 47.5 Å². The molecule has 0 aliphatic heterocycles. The summed E-state index contributed by atoms with van der Waals surface area (Å²) in [6, 6.07) is 9.70. The topological polar surface area (TPSA) is 78.1 Å². The summed E-state index contributed by atoms with van der Waals surface area (Å²) in [5.74, 6) is 1.77. The van der Waals surface area contributed by atoms with Crippen molar-refractivity contribution >= 4 is 6.03 Å². The van der Waals surface area contributed by atoms with Gasteiger partial charge in [-0.3, -0.25) is 0 Å². The molecule has 0 saturated carbocycles. The number of amides is 2. The van der Waals surface area contributed by atoms with Crippen LogP contribution in [0.25, 0.3) is 0 Å². The van der Waals surface area contributed by atoms with E-state index in [1.807, 2.05) is 0 Å². The first kappa shape index (κ1) is 22.1. The molecular weight excluding hydrogens is 386 g/mol. The van der Waals surface area contributed by atoms with Crippen LogP contribution >= 0.6 is 0 Å². The standard InChI is InChI=1S/C20H24F2N2O5/c1-26-16-8-14(9-17(27-2)19(16)28-3)11-24-20(25)23-10-13-5-4-6-15(7-13)29-12-18(21)22/h4-9,18H,10-12H2,1-3H3,(H2,23,24,25). The molecule has 0 radical (unpaired) electrons. The molecule has 0 spiro atoms. The minimum absolute atomic E-state index is 0.215. The summed E-state index contributed by atoms with van der Waals surface area (Å²) >= 11 is 0. The quantitative estimate of drug-likeness (QED) is 0.628. The average Bonchev–Trinajstić information content (AvgIpc) is 2.74. The van der Waals surface area contributed by atoms with Gasteiger partial charge in [0.2, 0.25) is 5.75 Å². The Morgan fingerprint density at radius 1 is 0.931 bits per heavy atom. The number of hydrogen-bond acceptors (Lipinski definition) is 5. The molecule has 0 bridgehead atoms. The lowest BCUT2D eigenvalue weighted by atomic mass is 10.2. The summed E-state index contributed by atoms with van der Waals surface area (Å²) in [6.45, 7) is -0.223. The zero-order chi connectivity index (χ0) is 21.2. The van der Waals surface area contributed by atoms with Crippen LogP contribution in [0.2, 0.25) is 0 Å². The van der Waals surface area contributed by atoms with Gasteiger partial charge in [-0.2, -0.15) is 0 Å². The zero-order valence-electron chi connectivity index (χ0n) is 16.5. The lowest BCUT2D eigenvalue weighted by molar-refractivity contribution is 0.0818. The van der Waals surface area contributed by atoms with Crippen LogP contribution in [0.5, 0.6) is 23.0 Å². The van der Waals surface area contributed by atoms with Gasteiger partial charge in [0, 0.05) is 13.1 Å². The van der Waals surface area contributed by atoms with Crippen molar-refractivity contribution in [3.8, 4) is 23.0 Å². The Morgan fingerprint density at radius 2 is 1.55 bits per heavy atom. The maximum absolute atomic E-state index is 12.2. The van der Waals surface area contributed by atoms with Gasteiger partial charge < -0.3 is 29.6 Å². The first-order valence-electron chi connectivity index (χ1n) is 8.77. The molecule has 0 aliphatic carbocycles. The van der Waals surface area contributed by atoms with Gasteiger partial charge in [0.25, 0.3) is 6.43 Å². The van der Waals surface area contributed by atoms with E-state index in [2.05, 4.69) is 10.6 Å². The molecule has 0 aliphatic rings. The van der Waals surface area contributed by atoms with Crippen molar-refractivity contribution in [2.24, 2.45) is 0 Å². The lowest BCUT2D eigenvalue weighted by Gasteiger charge is -2.14. The fourth-order valence-electron chi connectivity index (χ4n) is 2.57. The predicted octanol–water partition coefficient (Wildman–Crippen LogP) is 3.36. The maximum atomic E-state index is 12.2. The van der Waals surface area contributed by atoms with Gasteiger partial charge >= 0.3 is 6.03 Å². The monoisotopic (exact) mass is 410 g/mol. The highest BCUT2D eigenvalue weighted by Gasteiger charge is 2.13. The molecule has 2 amide bonds. The largest absolute Gasteiger partial charge is 0.493 e. The molecule has 0 atom stereocenters. The van der Waals surface area contributed by atoms with Gasteiger partial charge in [-0.25, -0.2) is 13.6 Å². The molecule has 0 saturated heterocycles. The third-order valence-electron chi connectivity index (χ3n) is 3.91. The van der Waals surface area contributed by atoms with Gasteiger partial charge in [0.05, 0.1) is 21.3 Å². The van der Waals surface area contributed by atoms with Crippen molar-refractivity contribution in [2.45, 2.75) is 19.5 Å². The number of urea groups is 1. The minimum atomic E-state index is -2.54. The SMILES string of the molecule is COc1cc(CNC(=O)NCc2cccc(OCC(F)F)c2)cc(OC)c1OC. The predicted molar refractivity (Wildman–Crippen MR) is 103 cm³/mol. The summed E-state index contributed by atoms with van der Waals surface area (Å²) in [7, 11) is 4.54. The number of carbonyl (C=O) groups excluding carboxylic acids is 1. The van der Waals surface area contributed by atoms with E-state index >= 15 is 0 Å². The van der Waals surface area contributed by atoms with Crippen LogP contribution < -0.4 is 29.6 Å². The molecule has 0 aromatic heterocycles. The van der Waals surface area contributed by atoms with E-state index in [-0.39, 0.29) is 13.1 Å². The molecule has 2 aromatic carbocycles. The van der Waals surface area contributed by atoms with Crippen LogP contribution in [0.3, 0.4) is 0 Å². The third kappa shape index (κ3) is 6.70. The summed E-state index contributed by atoms with van der Waals surface area (Å²) in [5.41, 5.74) is 1.48. The van der Waals surface area contributed by atoms with Crippen LogP contribution in [-0.2, 0) is 13.1 Å². The summed E-state index contributed by atoms with van der Waals surface area (Å²) in [5, 5.41) is 5.43. The smallest absolute Gasteiger partial charge is 0.315 e. The average molecular weight is 410 g/mol. The van der Waals surface area contributed by atoms with Crippen molar-refractivity contribution < 1.29 is 32.5 Å². The second-order valence-corrected chi connectivity index (χ2v) is 5.92. The van der Waals surface area contributed by atoms with E-state index in [1.165, 1.54) is 21.3 Å². The van der Waals surface area contributed by atoms with E-state index < -0.39 is 19.1 Å². The molecule has 2 N–H and O–H groups in total. The Kier molecular flexibility index (Phi) is 8.32. The number of methoxy groups -OCH3 is 3. The number of hydrogen-bond donors (Lipinski definition) is 2. The molecule has 0 fully saturated rings. The molecule has 0 heterocycles. The van der Waals surface area contributed by atoms with E-state index in [4.69, 9.17) is 18.9 Å². The molecule has 2 aromatic rings. The Morgan fingerprint density at radius 3 is 2.10 bits per heavy atom. The van der Waals surface area contributed by atoms with Gasteiger partial charge in [0.15, 0.2) is 11.5 Å². The van der Waals surface area contributed by atoms with Crippen LogP contribution in [-0.4, -0.2) is 40.4 Å². The van der Waals surface area contributed by atoms with Gasteiger partial charge in [-0.05, 0) is 35.4 Å². The molecule has 2 rings (SSSR count). The van der Waals surface area contributed by atoms with E-state index in [1.54, 1.807) is 36.4 Å². The first-order valence-corrected chi connectivity index (χ1v) is 8.77. The van der Waals surface area contributed by atoms with Crippen LogP contribution in [0.4, 0.5) is 13.6 Å². The Hall–Kier alpha value is -3.23. The Bertz CT molecular complexity index is 792. The number of rotatable bonds is 10. The summed E-state index contributed by atoms with van der Waals surface area (Å²) in [4.78, 5) is 12.1. The van der Waals surface area contributed by atoms with Crippen molar-refractivity contribution in [1.82, 2.24) is 10.6 Å².